The maximum atomic E-state index is 11.3. The Morgan fingerprint density at radius 3 is 2.28 bits per heavy atom. The Kier molecular flexibility index (Phi) is 7.90. The van der Waals surface area contributed by atoms with Crippen LogP contribution in [0.4, 0.5) is 0 Å². The van der Waals surface area contributed by atoms with Gasteiger partial charge in [-0.05, 0) is 31.6 Å². The van der Waals surface area contributed by atoms with Crippen molar-refractivity contribution in [3.63, 3.8) is 0 Å². The van der Waals surface area contributed by atoms with Crippen LogP contribution >= 0.6 is 12.4 Å². The number of carboxylic acid groups (broad SMARTS) is 1. The smallest absolute Gasteiger partial charge is 0.306 e. The predicted octanol–water partition coefficient (Wildman–Crippen LogP) is -0.265. The molecule has 6 nitrogen and oxygen atoms in total. The Balaban J connectivity index is 0.00000289. The number of nitrogens with one attached hydrogen (secondary N) is 1. The molecule has 1 amide bonds. The Hall–Kier alpha value is -0.850. The monoisotopic (exact) mass is 280 g/mol. The normalized spacial score (nSPS) is 24.8. The molecule has 0 unspecified atom stereocenters. The molecule has 1 rings (SSSR count). The van der Waals surface area contributed by atoms with Gasteiger partial charge in [-0.2, -0.15) is 0 Å². The number of carbonyl (C=O) groups is 2. The molecule has 0 aliphatic heterocycles. The van der Waals surface area contributed by atoms with Gasteiger partial charge in [-0.3, -0.25) is 9.59 Å². The van der Waals surface area contributed by atoms with Crippen molar-refractivity contribution in [1.82, 2.24) is 5.32 Å². The van der Waals surface area contributed by atoms with Crippen molar-refractivity contribution in [3.05, 3.63) is 0 Å². The fraction of sp³-hybridized carbons (Fsp3) is 0.818. The van der Waals surface area contributed by atoms with E-state index >= 15 is 0 Å². The van der Waals surface area contributed by atoms with Gasteiger partial charge in [0, 0.05) is 6.54 Å². The van der Waals surface area contributed by atoms with E-state index in [2.05, 4.69) is 5.32 Å². The Labute approximate surface area is 112 Å². The standard InChI is InChI=1S/C11H20N2O4.ClH/c12-9(6-14)10(15)13-5-7-1-3-8(4-2-7)11(16)17;/h7-9,14H,1-6,12H2,(H,13,15)(H,16,17);1H/t7?,8?,9-;/m0./s1. The average Bonchev–Trinajstić information content (AvgIpc) is 2.35. The highest BCUT2D eigenvalue weighted by Gasteiger charge is 2.26. The van der Waals surface area contributed by atoms with Gasteiger partial charge in [0.15, 0.2) is 0 Å². The van der Waals surface area contributed by atoms with Crippen LogP contribution in [-0.2, 0) is 9.59 Å². The zero-order chi connectivity index (χ0) is 12.8. The molecule has 0 aromatic heterocycles. The molecule has 7 heteroatoms. The van der Waals surface area contributed by atoms with E-state index in [0.717, 1.165) is 12.8 Å². The Morgan fingerprint density at radius 2 is 1.83 bits per heavy atom. The second-order valence-corrected chi connectivity index (χ2v) is 4.59. The van der Waals surface area contributed by atoms with Crippen molar-refractivity contribution in [2.75, 3.05) is 13.2 Å². The third kappa shape index (κ3) is 5.20. The summed E-state index contributed by atoms with van der Waals surface area (Å²) in [7, 11) is 0. The number of nitrogens with two attached hydrogens (primary N) is 1. The lowest BCUT2D eigenvalue weighted by molar-refractivity contribution is -0.143. The zero-order valence-electron chi connectivity index (χ0n) is 10.2. The quantitative estimate of drug-likeness (QED) is 0.554. The summed E-state index contributed by atoms with van der Waals surface area (Å²) >= 11 is 0. The minimum atomic E-state index is -0.870. The number of carboxylic acids is 1. The number of hydrogen-bond acceptors (Lipinski definition) is 4. The molecule has 1 aliphatic rings. The molecular weight excluding hydrogens is 260 g/mol. The molecule has 5 N–H and O–H groups in total. The van der Waals surface area contributed by atoms with Crippen LogP contribution in [0.1, 0.15) is 25.7 Å². The summed E-state index contributed by atoms with van der Waals surface area (Å²) in [6.07, 6.45) is 2.96. The number of aliphatic carboxylic acids is 1. The summed E-state index contributed by atoms with van der Waals surface area (Å²) in [6.45, 7) is 0.149. The highest BCUT2D eigenvalue weighted by molar-refractivity contribution is 5.85. The van der Waals surface area contributed by atoms with E-state index in [1.165, 1.54) is 0 Å². The van der Waals surface area contributed by atoms with Crippen LogP contribution < -0.4 is 11.1 Å². The lowest BCUT2D eigenvalue weighted by Crippen LogP contribution is -2.44. The number of amides is 1. The van der Waals surface area contributed by atoms with Crippen molar-refractivity contribution in [2.24, 2.45) is 17.6 Å². The van der Waals surface area contributed by atoms with E-state index in [4.69, 9.17) is 15.9 Å². The lowest BCUT2D eigenvalue weighted by atomic mass is 9.82. The summed E-state index contributed by atoms with van der Waals surface area (Å²) in [5.74, 6) is -0.996. The molecular formula is C11H21ClN2O4. The van der Waals surface area contributed by atoms with Crippen LogP contribution in [0, 0.1) is 11.8 Å². The van der Waals surface area contributed by atoms with Crippen molar-refractivity contribution < 1.29 is 19.8 Å². The minimum Gasteiger partial charge on any atom is -0.481 e. The van der Waals surface area contributed by atoms with Gasteiger partial charge >= 0.3 is 5.97 Å². The van der Waals surface area contributed by atoms with Crippen molar-refractivity contribution in [3.8, 4) is 0 Å². The number of carbonyl (C=O) groups excluding carboxylic acids is 1. The summed E-state index contributed by atoms with van der Waals surface area (Å²) in [5, 5.41) is 20.2. The highest BCUT2D eigenvalue weighted by Crippen LogP contribution is 2.28. The molecule has 0 bridgehead atoms. The van der Waals surface area contributed by atoms with Crippen molar-refractivity contribution in [1.29, 1.82) is 0 Å². The van der Waals surface area contributed by atoms with Gasteiger partial charge in [0.1, 0.15) is 6.04 Å². The van der Waals surface area contributed by atoms with E-state index in [9.17, 15) is 9.59 Å². The summed E-state index contributed by atoms with van der Waals surface area (Å²) in [5.41, 5.74) is 5.35. The molecule has 1 saturated carbocycles. The van der Waals surface area contributed by atoms with Crippen molar-refractivity contribution >= 4 is 24.3 Å². The first kappa shape index (κ1) is 17.2. The maximum absolute atomic E-state index is 11.3. The second kappa shape index (κ2) is 8.29. The Bertz CT molecular complexity index is 280. The SMILES string of the molecule is Cl.N[C@@H](CO)C(=O)NCC1CCC(C(=O)O)CC1. The molecule has 1 atom stereocenters. The maximum Gasteiger partial charge on any atom is 0.306 e. The number of halogens is 1. The third-order valence-electron chi connectivity index (χ3n) is 3.29. The van der Waals surface area contributed by atoms with Crippen LogP contribution in [0.15, 0.2) is 0 Å². The van der Waals surface area contributed by atoms with Crippen LogP contribution in [0.5, 0.6) is 0 Å². The summed E-state index contributed by atoms with van der Waals surface area (Å²) in [6, 6.07) is -0.870. The molecule has 0 radical (unpaired) electrons. The molecule has 1 fully saturated rings. The number of aliphatic hydroxyl groups excluding tert-OH is 1. The van der Waals surface area contributed by atoms with E-state index in [0.29, 0.717) is 25.3 Å². The summed E-state index contributed by atoms with van der Waals surface area (Å²) in [4.78, 5) is 22.0. The van der Waals surface area contributed by atoms with Gasteiger partial charge in [-0.15, -0.1) is 12.4 Å². The molecule has 0 aromatic rings. The van der Waals surface area contributed by atoms with Gasteiger partial charge in [-0.25, -0.2) is 0 Å². The number of rotatable bonds is 5. The first-order valence-electron chi connectivity index (χ1n) is 5.91. The fourth-order valence-corrected chi connectivity index (χ4v) is 2.07. The molecule has 1 aliphatic carbocycles. The second-order valence-electron chi connectivity index (χ2n) is 4.59. The molecule has 18 heavy (non-hydrogen) atoms. The topological polar surface area (TPSA) is 113 Å². The zero-order valence-corrected chi connectivity index (χ0v) is 11.0. The average molecular weight is 281 g/mol. The fourth-order valence-electron chi connectivity index (χ4n) is 2.07. The van der Waals surface area contributed by atoms with Crippen LogP contribution in [0.25, 0.3) is 0 Å². The number of aliphatic hydroxyl groups is 1. The Morgan fingerprint density at radius 1 is 1.28 bits per heavy atom. The number of hydrogen-bond donors (Lipinski definition) is 4. The molecule has 0 spiro atoms. The summed E-state index contributed by atoms with van der Waals surface area (Å²) < 4.78 is 0. The minimum absolute atomic E-state index is 0. The molecule has 0 saturated heterocycles. The van der Waals surface area contributed by atoms with Crippen LogP contribution in [0.2, 0.25) is 0 Å². The first-order valence-corrected chi connectivity index (χ1v) is 5.91. The lowest BCUT2D eigenvalue weighted by Gasteiger charge is -2.26. The molecule has 106 valence electrons. The largest absolute Gasteiger partial charge is 0.481 e. The van der Waals surface area contributed by atoms with Crippen LogP contribution in [0.3, 0.4) is 0 Å². The van der Waals surface area contributed by atoms with Gasteiger partial charge in [0.25, 0.3) is 0 Å². The van der Waals surface area contributed by atoms with E-state index < -0.39 is 12.0 Å². The van der Waals surface area contributed by atoms with Gasteiger partial charge in [0.05, 0.1) is 12.5 Å². The van der Waals surface area contributed by atoms with Crippen molar-refractivity contribution in [2.45, 2.75) is 31.7 Å². The van der Waals surface area contributed by atoms with E-state index in [1.807, 2.05) is 0 Å². The van der Waals surface area contributed by atoms with Crippen LogP contribution in [-0.4, -0.2) is 41.3 Å². The molecule has 0 aromatic carbocycles. The predicted molar refractivity (Wildman–Crippen MR) is 68.4 cm³/mol. The third-order valence-corrected chi connectivity index (χ3v) is 3.29. The first-order chi connectivity index (χ1) is 8.04. The van der Waals surface area contributed by atoms with E-state index in [1.54, 1.807) is 0 Å². The van der Waals surface area contributed by atoms with Gasteiger partial charge < -0.3 is 21.3 Å². The highest BCUT2D eigenvalue weighted by atomic mass is 35.5. The van der Waals surface area contributed by atoms with Gasteiger partial charge in [-0.1, -0.05) is 0 Å². The van der Waals surface area contributed by atoms with Gasteiger partial charge in [0.2, 0.25) is 5.91 Å². The molecule has 0 heterocycles. The van der Waals surface area contributed by atoms with E-state index in [-0.39, 0.29) is 30.8 Å².